The number of nitrogens with zero attached hydrogens (tertiary/aromatic N) is 2. The maximum atomic E-state index is 12.1. The third-order valence-electron chi connectivity index (χ3n) is 2.37. The summed E-state index contributed by atoms with van der Waals surface area (Å²) < 4.78 is 17.1. The SMILES string of the molecule is CNCc1ncc(N)nc1OC.O=Cc1ccc(F)cc1. The molecule has 7 heteroatoms. The van der Waals surface area contributed by atoms with E-state index in [1.165, 1.54) is 30.5 Å². The summed E-state index contributed by atoms with van der Waals surface area (Å²) >= 11 is 0. The Labute approximate surface area is 122 Å². The van der Waals surface area contributed by atoms with E-state index in [9.17, 15) is 9.18 Å². The average molecular weight is 292 g/mol. The third-order valence-corrected chi connectivity index (χ3v) is 2.37. The van der Waals surface area contributed by atoms with Crippen LogP contribution in [0, 0.1) is 5.82 Å². The Bertz CT molecular complexity index is 576. The predicted octanol–water partition coefficient (Wildman–Crippen LogP) is 1.42. The first kappa shape index (κ1) is 16.5. The fraction of sp³-hybridized carbons (Fsp3) is 0.214. The summed E-state index contributed by atoms with van der Waals surface area (Å²) in [5.74, 6) is 0.525. The molecule has 0 atom stereocenters. The van der Waals surface area contributed by atoms with Gasteiger partial charge in [-0.05, 0) is 31.3 Å². The van der Waals surface area contributed by atoms with Crippen molar-refractivity contribution in [3.63, 3.8) is 0 Å². The van der Waals surface area contributed by atoms with Crippen LogP contribution in [0.5, 0.6) is 5.88 Å². The van der Waals surface area contributed by atoms with E-state index in [-0.39, 0.29) is 5.82 Å². The van der Waals surface area contributed by atoms with Crippen LogP contribution in [-0.4, -0.2) is 30.4 Å². The summed E-state index contributed by atoms with van der Waals surface area (Å²) in [5.41, 5.74) is 6.68. The highest BCUT2D eigenvalue weighted by atomic mass is 19.1. The molecule has 0 unspecified atom stereocenters. The predicted molar refractivity (Wildman–Crippen MR) is 77.5 cm³/mol. The molecule has 3 N–H and O–H groups in total. The van der Waals surface area contributed by atoms with E-state index in [0.29, 0.717) is 30.1 Å². The number of rotatable bonds is 4. The lowest BCUT2D eigenvalue weighted by Gasteiger charge is -2.05. The zero-order chi connectivity index (χ0) is 15.7. The zero-order valence-corrected chi connectivity index (χ0v) is 11.8. The van der Waals surface area contributed by atoms with Crippen molar-refractivity contribution in [2.45, 2.75) is 6.54 Å². The molecule has 0 saturated carbocycles. The molecule has 0 aliphatic heterocycles. The Balaban J connectivity index is 0.000000219. The van der Waals surface area contributed by atoms with Crippen molar-refractivity contribution in [2.24, 2.45) is 0 Å². The lowest BCUT2D eigenvalue weighted by molar-refractivity contribution is 0.112. The monoisotopic (exact) mass is 292 g/mol. The Kier molecular flexibility index (Phi) is 6.76. The molecule has 0 saturated heterocycles. The molecule has 2 aromatic rings. The van der Waals surface area contributed by atoms with Gasteiger partial charge in [-0.3, -0.25) is 9.78 Å². The topological polar surface area (TPSA) is 90.1 Å². The van der Waals surface area contributed by atoms with Crippen LogP contribution in [0.25, 0.3) is 0 Å². The molecule has 0 bridgehead atoms. The zero-order valence-electron chi connectivity index (χ0n) is 11.8. The molecule has 0 aliphatic rings. The van der Waals surface area contributed by atoms with E-state index in [1.807, 2.05) is 7.05 Å². The number of nitrogens with one attached hydrogen (secondary N) is 1. The summed E-state index contributed by atoms with van der Waals surface area (Å²) in [4.78, 5) is 18.0. The van der Waals surface area contributed by atoms with Gasteiger partial charge in [-0.25, -0.2) is 4.39 Å². The fourth-order valence-corrected chi connectivity index (χ4v) is 1.40. The number of hydrogen-bond donors (Lipinski definition) is 2. The Hall–Kier alpha value is -2.54. The number of hydrogen-bond acceptors (Lipinski definition) is 6. The highest BCUT2D eigenvalue weighted by molar-refractivity contribution is 5.74. The highest BCUT2D eigenvalue weighted by Gasteiger charge is 2.04. The second kappa shape index (κ2) is 8.60. The number of methoxy groups -OCH3 is 1. The van der Waals surface area contributed by atoms with E-state index >= 15 is 0 Å². The summed E-state index contributed by atoms with van der Waals surface area (Å²) in [7, 11) is 3.38. The summed E-state index contributed by atoms with van der Waals surface area (Å²) in [5, 5.41) is 2.95. The molecular formula is C14H17FN4O2. The second-order valence-electron chi connectivity index (χ2n) is 3.95. The van der Waals surface area contributed by atoms with Crippen LogP contribution in [0.15, 0.2) is 30.5 Å². The van der Waals surface area contributed by atoms with Crippen molar-refractivity contribution in [2.75, 3.05) is 19.9 Å². The van der Waals surface area contributed by atoms with E-state index in [0.717, 1.165) is 5.69 Å². The maximum absolute atomic E-state index is 12.1. The number of carbonyl (C=O) groups excluding carboxylic acids is 1. The van der Waals surface area contributed by atoms with Crippen molar-refractivity contribution in [3.8, 4) is 5.88 Å². The van der Waals surface area contributed by atoms with Gasteiger partial charge in [-0.15, -0.1) is 0 Å². The van der Waals surface area contributed by atoms with Crippen LogP contribution in [-0.2, 0) is 6.54 Å². The van der Waals surface area contributed by atoms with Crippen LogP contribution in [0.4, 0.5) is 10.2 Å². The number of aldehydes is 1. The number of aromatic nitrogens is 2. The van der Waals surface area contributed by atoms with Gasteiger partial charge in [0.25, 0.3) is 0 Å². The van der Waals surface area contributed by atoms with Crippen LogP contribution in [0.1, 0.15) is 16.1 Å². The lowest BCUT2D eigenvalue weighted by Crippen LogP contribution is -2.10. The molecule has 1 aromatic carbocycles. The van der Waals surface area contributed by atoms with Gasteiger partial charge in [0.1, 0.15) is 23.6 Å². The molecule has 0 radical (unpaired) electrons. The Morgan fingerprint density at radius 3 is 2.57 bits per heavy atom. The first-order chi connectivity index (χ1) is 10.1. The molecule has 0 spiro atoms. The highest BCUT2D eigenvalue weighted by Crippen LogP contribution is 2.12. The molecule has 0 aliphatic carbocycles. The molecule has 6 nitrogen and oxygen atoms in total. The van der Waals surface area contributed by atoms with Gasteiger partial charge < -0.3 is 15.8 Å². The molecule has 112 valence electrons. The van der Waals surface area contributed by atoms with Crippen molar-refractivity contribution < 1.29 is 13.9 Å². The normalized spacial score (nSPS) is 9.48. The van der Waals surface area contributed by atoms with Gasteiger partial charge >= 0.3 is 0 Å². The number of halogens is 1. The number of nitrogen functional groups attached to an aromatic ring is 1. The molecule has 21 heavy (non-hydrogen) atoms. The molecule has 1 heterocycles. The molecule has 1 aromatic heterocycles. The standard InChI is InChI=1S/C7H5FO.C7H12N4O/c8-7-3-1-6(5-9)2-4-7;1-9-3-5-7(12-2)11-6(8)4-10-5/h1-5H;4,9H,3H2,1-2H3,(H2,8,11). The number of nitrogens with two attached hydrogens (primary N) is 1. The Morgan fingerprint density at radius 1 is 1.38 bits per heavy atom. The van der Waals surface area contributed by atoms with Crippen molar-refractivity contribution in [1.29, 1.82) is 0 Å². The van der Waals surface area contributed by atoms with E-state index < -0.39 is 0 Å². The minimum absolute atomic E-state index is 0.319. The maximum Gasteiger partial charge on any atom is 0.238 e. The van der Waals surface area contributed by atoms with Gasteiger partial charge in [0.2, 0.25) is 5.88 Å². The number of anilines is 1. The number of ether oxygens (including phenoxy) is 1. The van der Waals surface area contributed by atoms with Gasteiger partial charge in [0.15, 0.2) is 0 Å². The summed E-state index contributed by atoms with van der Waals surface area (Å²) in [6, 6.07) is 5.37. The summed E-state index contributed by atoms with van der Waals surface area (Å²) in [6.45, 7) is 0.621. The third kappa shape index (κ3) is 5.53. The van der Waals surface area contributed by atoms with Crippen molar-refractivity contribution >= 4 is 12.1 Å². The molecule has 0 amide bonds. The lowest BCUT2D eigenvalue weighted by atomic mass is 10.2. The van der Waals surface area contributed by atoms with E-state index in [1.54, 1.807) is 7.11 Å². The Morgan fingerprint density at radius 2 is 2.05 bits per heavy atom. The largest absolute Gasteiger partial charge is 0.480 e. The fourth-order valence-electron chi connectivity index (χ4n) is 1.40. The van der Waals surface area contributed by atoms with Crippen LogP contribution < -0.4 is 15.8 Å². The van der Waals surface area contributed by atoms with E-state index in [4.69, 9.17) is 10.5 Å². The van der Waals surface area contributed by atoms with Crippen LogP contribution >= 0.6 is 0 Å². The molecule has 0 fully saturated rings. The number of carbonyl (C=O) groups is 1. The first-order valence-electron chi connectivity index (χ1n) is 6.11. The molecular weight excluding hydrogens is 275 g/mol. The van der Waals surface area contributed by atoms with Crippen molar-refractivity contribution in [1.82, 2.24) is 15.3 Å². The van der Waals surface area contributed by atoms with Gasteiger partial charge in [0, 0.05) is 12.1 Å². The van der Waals surface area contributed by atoms with Crippen molar-refractivity contribution in [3.05, 3.63) is 47.5 Å². The molecule has 2 rings (SSSR count). The second-order valence-corrected chi connectivity index (χ2v) is 3.95. The van der Waals surface area contributed by atoms with Crippen LogP contribution in [0.3, 0.4) is 0 Å². The summed E-state index contributed by atoms with van der Waals surface area (Å²) in [6.07, 6.45) is 2.19. The smallest absolute Gasteiger partial charge is 0.238 e. The quantitative estimate of drug-likeness (QED) is 0.828. The minimum atomic E-state index is -0.319. The van der Waals surface area contributed by atoms with Gasteiger partial charge in [0.05, 0.1) is 13.3 Å². The first-order valence-corrected chi connectivity index (χ1v) is 6.11. The van der Waals surface area contributed by atoms with E-state index in [2.05, 4.69) is 15.3 Å². The van der Waals surface area contributed by atoms with Gasteiger partial charge in [-0.1, -0.05) is 0 Å². The van der Waals surface area contributed by atoms with Gasteiger partial charge in [-0.2, -0.15) is 4.98 Å². The minimum Gasteiger partial charge on any atom is -0.480 e. The number of benzene rings is 1. The van der Waals surface area contributed by atoms with Crippen LogP contribution in [0.2, 0.25) is 0 Å². The average Bonchev–Trinajstić information content (AvgIpc) is 2.50.